The van der Waals surface area contributed by atoms with Crippen LogP contribution in [-0.4, -0.2) is 38.7 Å². The number of likely N-dealkylation sites (tertiary alicyclic amines) is 1. The van der Waals surface area contributed by atoms with Gasteiger partial charge in [-0.3, -0.25) is 9.78 Å². The van der Waals surface area contributed by atoms with Crippen LogP contribution < -0.4 is 5.69 Å². The zero-order valence-corrected chi connectivity index (χ0v) is 12.9. The lowest BCUT2D eigenvalue weighted by atomic mass is 9.96. The van der Waals surface area contributed by atoms with Crippen LogP contribution in [0.5, 0.6) is 0 Å². The Morgan fingerprint density at radius 2 is 1.78 bits per heavy atom. The zero-order valence-electron chi connectivity index (χ0n) is 12.9. The number of carbonyl (C=O) groups excluding carboxylic acids is 1. The van der Waals surface area contributed by atoms with Crippen molar-refractivity contribution in [1.82, 2.24) is 19.7 Å². The van der Waals surface area contributed by atoms with E-state index >= 15 is 0 Å². The van der Waals surface area contributed by atoms with Crippen molar-refractivity contribution >= 4 is 5.91 Å². The summed E-state index contributed by atoms with van der Waals surface area (Å²) in [5.74, 6) is 1.55. The maximum atomic E-state index is 12.1. The minimum Gasteiger partial charge on any atom is -0.342 e. The average Bonchev–Trinajstić information content (AvgIpc) is 3.37. The first-order valence-corrected chi connectivity index (χ1v) is 8.26. The van der Waals surface area contributed by atoms with Gasteiger partial charge in [0.25, 0.3) is 0 Å². The van der Waals surface area contributed by atoms with E-state index in [-0.39, 0.29) is 17.5 Å². The summed E-state index contributed by atoms with van der Waals surface area (Å²) in [7, 11) is 0. The third-order valence-electron chi connectivity index (χ3n) is 4.76. The molecule has 0 radical (unpaired) electrons. The van der Waals surface area contributed by atoms with Crippen molar-refractivity contribution in [3.63, 3.8) is 0 Å². The number of amides is 1. The van der Waals surface area contributed by atoms with Gasteiger partial charge in [-0.25, -0.2) is 4.79 Å². The molecule has 1 N–H and O–H groups in total. The van der Waals surface area contributed by atoms with Gasteiger partial charge in [0, 0.05) is 24.9 Å². The molecular formula is C17H20N4O2. The fourth-order valence-electron chi connectivity index (χ4n) is 3.23. The first-order chi connectivity index (χ1) is 11.2. The van der Waals surface area contributed by atoms with E-state index in [1.54, 1.807) is 0 Å². The number of benzene rings is 1. The van der Waals surface area contributed by atoms with Crippen LogP contribution in [-0.2, 0) is 4.79 Å². The summed E-state index contributed by atoms with van der Waals surface area (Å²) in [6.45, 7) is 1.53. The Balaban J connectivity index is 1.47. The number of nitrogens with one attached hydrogen (secondary N) is 1. The molecule has 2 fully saturated rings. The molecule has 4 rings (SSSR count). The minimum atomic E-state index is -0.206. The minimum absolute atomic E-state index is 0.206. The predicted octanol–water partition coefficient (Wildman–Crippen LogP) is 1.68. The van der Waals surface area contributed by atoms with Crippen LogP contribution in [0.1, 0.15) is 37.4 Å². The number of para-hydroxylation sites is 1. The van der Waals surface area contributed by atoms with Gasteiger partial charge in [0.1, 0.15) is 5.82 Å². The van der Waals surface area contributed by atoms with Gasteiger partial charge in [0.2, 0.25) is 5.91 Å². The molecule has 23 heavy (non-hydrogen) atoms. The van der Waals surface area contributed by atoms with E-state index in [4.69, 9.17) is 0 Å². The summed E-state index contributed by atoms with van der Waals surface area (Å²) in [5, 5.41) is 4.47. The average molecular weight is 312 g/mol. The van der Waals surface area contributed by atoms with Gasteiger partial charge in [0.05, 0.1) is 5.69 Å². The molecule has 6 nitrogen and oxygen atoms in total. The van der Waals surface area contributed by atoms with E-state index in [0.717, 1.165) is 50.3 Å². The molecule has 1 aliphatic carbocycles. The maximum Gasteiger partial charge on any atom is 0.348 e. The summed E-state index contributed by atoms with van der Waals surface area (Å²) >= 11 is 0. The molecule has 0 atom stereocenters. The highest BCUT2D eigenvalue weighted by Crippen LogP contribution is 2.33. The lowest BCUT2D eigenvalue weighted by molar-refractivity contribution is -0.133. The largest absolute Gasteiger partial charge is 0.348 e. The van der Waals surface area contributed by atoms with Gasteiger partial charge in [-0.05, 0) is 37.8 Å². The highest BCUT2D eigenvalue weighted by Gasteiger charge is 2.35. The van der Waals surface area contributed by atoms with E-state index < -0.39 is 0 Å². The van der Waals surface area contributed by atoms with Gasteiger partial charge in [-0.2, -0.15) is 4.68 Å². The van der Waals surface area contributed by atoms with E-state index in [1.165, 1.54) is 4.68 Å². The zero-order chi connectivity index (χ0) is 15.8. The van der Waals surface area contributed by atoms with Gasteiger partial charge in [0.15, 0.2) is 0 Å². The van der Waals surface area contributed by atoms with Crippen LogP contribution in [0.25, 0.3) is 5.69 Å². The second kappa shape index (κ2) is 5.68. The van der Waals surface area contributed by atoms with Crippen molar-refractivity contribution in [2.75, 3.05) is 13.1 Å². The molecule has 2 heterocycles. The molecule has 0 bridgehead atoms. The fraction of sp³-hybridized carbons (Fsp3) is 0.471. The lowest BCUT2D eigenvalue weighted by Crippen LogP contribution is -2.39. The van der Waals surface area contributed by atoms with Crippen LogP contribution in [0.2, 0.25) is 0 Å². The van der Waals surface area contributed by atoms with Crippen molar-refractivity contribution in [1.29, 1.82) is 0 Å². The van der Waals surface area contributed by atoms with Crippen LogP contribution in [0.15, 0.2) is 35.1 Å². The number of hydrogen-bond donors (Lipinski definition) is 1. The topological polar surface area (TPSA) is 71.0 Å². The summed E-state index contributed by atoms with van der Waals surface area (Å²) in [6.07, 6.45) is 3.82. The van der Waals surface area contributed by atoms with E-state index in [0.29, 0.717) is 5.91 Å². The van der Waals surface area contributed by atoms with Gasteiger partial charge in [-0.15, -0.1) is 5.10 Å². The Bertz CT molecular complexity index is 752. The summed E-state index contributed by atoms with van der Waals surface area (Å²) < 4.78 is 1.41. The number of carbonyl (C=O) groups is 1. The molecule has 1 aromatic heterocycles. The van der Waals surface area contributed by atoms with Crippen LogP contribution in [0, 0.1) is 5.92 Å². The highest BCUT2D eigenvalue weighted by molar-refractivity contribution is 5.81. The molecule has 1 amide bonds. The lowest BCUT2D eigenvalue weighted by Gasteiger charge is -2.31. The van der Waals surface area contributed by atoms with Crippen molar-refractivity contribution in [2.24, 2.45) is 5.92 Å². The smallest absolute Gasteiger partial charge is 0.342 e. The molecule has 1 aliphatic heterocycles. The monoisotopic (exact) mass is 312 g/mol. The Morgan fingerprint density at radius 3 is 2.43 bits per heavy atom. The number of hydrogen-bond acceptors (Lipinski definition) is 3. The van der Waals surface area contributed by atoms with Crippen LogP contribution in [0.4, 0.5) is 0 Å². The first kappa shape index (κ1) is 14.2. The van der Waals surface area contributed by atoms with Crippen molar-refractivity contribution < 1.29 is 4.79 Å². The normalized spacial score (nSPS) is 19.0. The maximum absolute atomic E-state index is 12.1. The number of H-pyrrole nitrogens is 1. The van der Waals surface area contributed by atoms with Gasteiger partial charge >= 0.3 is 5.69 Å². The molecule has 1 aromatic carbocycles. The Kier molecular flexibility index (Phi) is 3.52. The molecule has 1 saturated heterocycles. The van der Waals surface area contributed by atoms with Gasteiger partial charge < -0.3 is 4.90 Å². The number of aromatic amines is 1. The molecule has 6 heteroatoms. The number of nitrogens with zero attached hydrogens (tertiary/aromatic N) is 3. The third kappa shape index (κ3) is 2.81. The third-order valence-corrected chi connectivity index (χ3v) is 4.76. The van der Waals surface area contributed by atoms with Gasteiger partial charge in [-0.1, -0.05) is 18.2 Å². The van der Waals surface area contributed by atoms with Crippen molar-refractivity contribution in [3.8, 4) is 5.69 Å². The van der Waals surface area contributed by atoms with E-state index in [2.05, 4.69) is 10.1 Å². The fourth-order valence-corrected chi connectivity index (χ4v) is 3.23. The van der Waals surface area contributed by atoms with Crippen LogP contribution >= 0.6 is 0 Å². The summed E-state index contributed by atoms with van der Waals surface area (Å²) in [4.78, 5) is 29.1. The van der Waals surface area contributed by atoms with Crippen molar-refractivity contribution in [2.45, 2.75) is 31.6 Å². The number of rotatable bonds is 3. The molecular weight excluding hydrogens is 292 g/mol. The Hall–Kier alpha value is -2.37. The number of piperidine rings is 1. The molecule has 0 unspecified atom stereocenters. The molecule has 120 valence electrons. The summed E-state index contributed by atoms with van der Waals surface area (Å²) in [6, 6.07) is 9.41. The second-order valence-corrected chi connectivity index (χ2v) is 6.44. The van der Waals surface area contributed by atoms with E-state index in [9.17, 15) is 9.59 Å². The predicted molar refractivity (Wildman–Crippen MR) is 85.5 cm³/mol. The molecule has 2 aromatic rings. The Morgan fingerprint density at radius 1 is 1.09 bits per heavy atom. The standard InChI is InChI=1S/C17H20N4O2/c22-16(13-6-7-13)20-10-8-12(9-11-20)15-18-17(23)21(19-15)14-4-2-1-3-5-14/h1-5,12-13H,6-11H2,(H,18,19,23). The van der Waals surface area contributed by atoms with Crippen LogP contribution in [0.3, 0.4) is 0 Å². The summed E-state index contributed by atoms with van der Waals surface area (Å²) in [5.41, 5.74) is 0.559. The second-order valence-electron chi connectivity index (χ2n) is 6.44. The first-order valence-electron chi connectivity index (χ1n) is 8.26. The number of aromatic nitrogens is 3. The van der Waals surface area contributed by atoms with E-state index in [1.807, 2.05) is 35.2 Å². The van der Waals surface area contributed by atoms with Crippen molar-refractivity contribution in [3.05, 3.63) is 46.6 Å². The molecule has 0 spiro atoms. The Labute approximate surface area is 134 Å². The SMILES string of the molecule is O=C(C1CC1)N1CCC(c2nn(-c3ccccc3)c(=O)[nH]2)CC1. The highest BCUT2D eigenvalue weighted by atomic mass is 16.2. The molecule has 2 aliphatic rings. The molecule has 1 saturated carbocycles. The quantitative estimate of drug-likeness (QED) is 0.937.